The molecule has 0 saturated heterocycles. The Labute approximate surface area is 112 Å². The summed E-state index contributed by atoms with van der Waals surface area (Å²) in [6.07, 6.45) is 3.36. The van der Waals surface area contributed by atoms with Crippen LogP contribution >= 0.6 is 0 Å². The minimum atomic E-state index is 0.647. The molecular formula is C17H16N2. The van der Waals surface area contributed by atoms with Gasteiger partial charge in [-0.15, -0.1) is 0 Å². The molecule has 0 spiro atoms. The Morgan fingerprint density at radius 2 is 2.00 bits per heavy atom. The van der Waals surface area contributed by atoms with E-state index < -0.39 is 0 Å². The standard InChI is InChI=1S/C17H16N2/c18-15-6-5-12-7-8-19(17(12)10-15)11-14-9-13-3-1-2-4-16(13)14/h1-8,10,14H,9,11,18H2. The van der Waals surface area contributed by atoms with Crippen LogP contribution in [0, 0.1) is 0 Å². The summed E-state index contributed by atoms with van der Waals surface area (Å²) in [7, 11) is 0. The second kappa shape index (κ2) is 3.89. The molecule has 19 heavy (non-hydrogen) atoms. The molecule has 1 unspecified atom stereocenters. The molecule has 0 radical (unpaired) electrons. The highest BCUT2D eigenvalue weighted by atomic mass is 15.0. The van der Waals surface area contributed by atoms with Crippen LogP contribution in [-0.4, -0.2) is 4.57 Å². The molecule has 2 nitrogen and oxygen atoms in total. The molecule has 0 bridgehead atoms. The van der Waals surface area contributed by atoms with Crippen LogP contribution in [0.2, 0.25) is 0 Å². The summed E-state index contributed by atoms with van der Waals surface area (Å²) >= 11 is 0. The van der Waals surface area contributed by atoms with E-state index in [0.717, 1.165) is 12.2 Å². The van der Waals surface area contributed by atoms with E-state index in [-0.39, 0.29) is 0 Å². The molecule has 94 valence electrons. The lowest BCUT2D eigenvalue weighted by atomic mass is 9.77. The summed E-state index contributed by atoms with van der Waals surface area (Å²) in [6.45, 7) is 1.05. The van der Waals surface area contributed by atoms with E-state index >= 15 is 0 Å². The monoisotopic (exact) mass is 248 g/mol. The Morgan fingerprint density at radius 1 is 1.11 bits per heavy atom. The van der Waals surface area contributed by atoms with Gasteiger partial charge in [-0.25, -0.2) is 0 Å². The molecule has 2 aromatic carbocycles. The third-order valence-electron chi connectivity index (χ3n) is 4.18. The van der Waals surface area contributed by atoms with Crippen molar-refractivity contribution < 1.29 is 0 Å². The van der Waals surface area contributed by atoms with Gasteiger partial charge in [0.05, 0.1) is 5.52 Å². The number of hydrogen-bond donors (Lipinski definition) is 1. The summed E-state index contributed by atoms with van der Waals surface area (Å²) in [4.78, 5) is 0. The largest absolute Gasteiger partial charge is 0.399 e. The van der Waals surface area contributed by atoms with Gasteiger partial charge in [-0.1, -0.05) is 30.3 Å². The Balaban J connectivity index is 1.68. The van der Waals surface area contributed by atoms with Crippen molar-refractivity contribution in [2.45, 2.75) is 18.9 Å². The van der Waals surface area contributed by atoms with E-state index in [1.165, 1.54) is 28.5 Å². The smallest absolute Gasteiger partial charge is 0.0501 e. The van der Waals surface area contributed by atoms with E-state index in [9.17, 15) is 0 Å². The first kappa shape index (κ1) is 10.7. The minimum absolute atomic E-state index is 0.647. The van der Waals surface area contributed by atoms with Crippen LogP contribution < -0.4 is 5.73 Å². The van der Waals surface area contributed by atoms with Crippen molar-refractivity contribution in [3.05, 3.63) is 65.9 Å². The number of nitrogen functional groups attached to an aromatic ring is 1. The number of hydrogen-bond acceptors (Lipinski definition) is 1. The molecule has 4 rings (SSSR count). The van der Waals surface area contributed by atoms with E-state index in [4.69, 9.17) is 5.73 Å². The van der Waals surface area contributed by atoms with Crippen LogP contribution in [0.3, 0.4) is 0 Å². The maximum Gasteiger partial charge on any atom is 0.0501 e. The summed E-state index contributed by atoms with van der Waals surface area (Å²) < 4.78 is 2.33. The summed E-state index contributed by atoms with van der Waals surface area (Å²) in [5.41, 5.74) is 11.0. The molecular weight excluding hydrogens is 232 g/mol. The first-order valence-electron chi connectivity index (χ1n) is 6.73. The van der Waals surface area contributed by atoms with E-state index in [1.807, 2.05) is 6.07 Å². The predicted octanol–water partition coefficient (Wildman–Crippen LogP) is 3.56. The quantitative estimate of drug-likeness (QED) is 0.691. The first-order valence-corrected chi connectivity index (χ1v) is 6.73. The summed E-state index contributed by atoms with van der Waals surface area (Å²) in [5, 5.41) is 1.27. The van der Waals surface area contributed by atoms with Crippen LogP contribution in [0.5, 0.6) is 0 Å². The van der Waals surface area contributed by atoms with E-state index in [2.05, 4.69) is 53.2 Å². The Hall–Kier alpha value is -2.22. The highest BCUT2D eigenvalue weighted by Gasteiger charge is 2.25. The normalized spacial score (nSPS) is 17.2. The third kappa shape index (κ3) is 1.64. The van der Waals surface area contributed by atoms with Gasteiger partial charge in [-0.05, 0) is 41.1 Å². The number of anilines is 1. The van der Waals surface area contributed by atoms with Gasteiger partial charge in [0.25, 0.3) is 0 Å². The number of rotatable bonds is 2. The number of aromatic nitrogens is 1. The lowest BCUT2D eigenvalue weighted by Crippen LogP contribution is -2.21. The van der Waals surface area contributed by atoms with Gasteiger partial charge in [0.1, 0.15) is 0 Å². The Kier molecular flexibility index (Phi) is 2.18. The number of nitrogens with zero attached hydrogens (tertiary/aromatic N) is 1. The van der Waals surface area contributed by atoms with Crippen LogP contribution in [0.15, 0.2) is 54.7 Å². The maximum atomic E-state index is 5.89. The SMILES string of the molecule is Nc1ccc2ccn(CC3Cc4ccccc43)c2c1. The fourth-order valence-electron chi connectivity index (χ4n) is 3.12. The molecule has 2 heteroatoms. The summed E-state index contributed by atoms with van der Waals surface area (Å²) in [6, 6.07) is 17.0. The zero-order chi connectivity index (χ0) is 12.8. The minimum Gasteiger partial charge on any atom is -0.399 e. The molecule has 1 aliphatic carbocycles. The number of benzene rings is 2. The molecule has 1 aliphatic rings. The van der Waals surface area contributed by atoms with Crippen LogP contribution in [0.25, 0.3) is 10.9 Å². The summed E-state index contributed by atoms with van der Waals surface area (Å²) in [5.74, 6) is 0.647. The second-order valence-electron chi connectivity index (χ2n) is 5.39. The molecule has 0 amide bonds. The highest BCUT2D eigenvalue weighted by Crippen LogP contribution is 2.36. The van der Waals surface area contributed by atoms with Gasteiger partial charge < -0.3 is 10.3 Å². The average Bonchev–Trinajstić information content (AvgIpc) is 2.78. The number of nitrogens with two attached hydrogens (primary N) is 1. The fraction of sp³-hybridized carbons (Fsp3) is 0.176. The second-order valence-corrected chi connectivity index (χ2v) is 5.39. The maximum absolute atomic E-state index is 5.89. The lowest BCUT2D eigenvalue weighted by Gasteiger charge is -2.30. The molecule has 1 atom stereocenters. The average molecular weight is 248 g/mol. The molecule has 1 heterocycles. The van der Waals surface area contributed by atoms with Crippen molar-refractivity contribution in [2.24, 2.45) is 0 Å². The van der Waals surface area contributed by atoms with E-state index in [1.54, 1.807) is 0 Å². The van der Waals surface area contributed by atoms with Gasteiger partial charge in [0.15, 0.2) is 0 Å². The topological polar surface area (TPSA) is 30.9 Å². The van der Waals surface area contributed by atoms with Crippen molar-refractivity contribution in [1.82, 2.24) is 4.57 Å². The van der Waals surface area contributed by atoms with Gasteiger partial charge in [0, 0.05) is 24.3 Å². The van der Waals surface area contributed by atoms with Crippen molar-refractivity contribution in [3.8, 4) is 0 Å². The van der Waals surface area contributed by atoms with E-state index in [0.29, 0.717) is 5.92 Å². The van der Waals surface area contributed by atoms with Crippen LogP contribution in [0.4, 0.5) is 5.69 Å². The molecule has 0 fully saturated rings. The lowest BCUT2D eigenvalue weighted by molar-refractivity contribution is 0.519. The molecule has 2 N–H and O–H groups in total. The molecule has 3 aromatic rings. The van der Waals surface area contributed by atoms with Gasteiger partial charge in [-0.3, -0.25) is 0 Å². The first-order chi connectivity index (χ1) is 9.31. The van der Waals surface area contributed by atoms with Crippen molar-refractivity contribution in [3.63, 3.8) is 0 Å². The zero-order valence-electron chi connectivity index (χ0n) is 10.7. The third-order valence-corrected chi connectivity index (χ3v) is 4.18. The van der Waals surface area contributed by atoms with Crippen molar-refractivity contribution in [2.75, 3.05) is 5.73 Å². The molecule has 0 saturated carbocycles. The number of fused-ring (bicyclic) bond motifs is 2. The Bertz CT molecular complexity index is 755. The highest BCUT2D eigenvalue weighted by molar-refractivity contribution is 5.83. The van der Waals surface area contributed by atoms with Gasteiger partial charge in [-0.2, -0.15) is 0 Å². The molecule has 0 aliphatic heterocycles. The predicted molar refractivity (Wildman–Crippen MR) is 79.2 cm³/mol. The van der Waals surface area contributed by atoms with Crippen molar-refractivity contribution >= 4 is 16.6 Å². The van der Waals surface area contributed by atoms with Gasteiger partial charge in [0.2, 0.25) is 0 Å². The molecule has 1 aromatic heterocycles. The van der Waals surface area contributed by atoms with Crippen LogP contribution in [0.1, 0.15) is 17.0 Å². The zero-order valence-corrected chi connectivity index (χ0v) is 10.7. The Morgan fingerprint density at radius 3 is 2.89 bits per heavy atom. The van der Waals surface area contributed by atoms with Crippen LogP contribution in [-0.2, 0) is 13.0 Å². The van der Waals surface area contributed by atoms with Gasteiger partial charge >= 0.3 is 0 Å². The van der Waals surface area contributed by atoms with Crippen molar-refractivity contribution in [1.29, 1.82) is 0 Å². The fourth-order valence-corrected chi connectivity index (χ4v) is 3.12.